The van der Waals surface area contributed by atoms with Crippen LogP contribution in [0.2, 0.25) is 0 Å². The number of anilines is 1. The lowest BCUT2D eigenvalue weighted by Gasteiger charge is -2.36. The number of methoxy groups -OCH3 is 1. The van der Waals surface area contributed by atoms with Crippen LogP contribution in [0.15, 0.2) is 18.3 Å². The molecule has 4 aromatic rings. The summed E-state index contributed by atoms with van der Waals surface area (Å²) in [5, 5.41) is 6.33. The van der Waals surface area contributed by atoms with Crippen LogP contribution in [0.1, 0.15) is 20.5 Å². The second kappa shape index (κ2) is 9.08. The molecule has 1 fully saturated rings. The number of ether oxygens (including phenoxy) is 1. The number of likely N-dealkylation sites (tertiary alicyclic amines) is 1. The van der Waals surface area contributed by atoms with Gasteiger partial charge in [-0.05, 0) is 38.0 Å². The molecule has 37 heavy (non-hydrogen) atoms. The van der Waals surface area contributed by atoms with Crippen LogP contribution in [0.5, 0.6) is 5.88 Å². The van der Waals surface area contributed by atoms with E-state index in [4.69, 9.17) is 13.0 Å². The Morgan fingerprint density at radius 1 is 1.24 bits per heavy atom. The summed E-state index contributed by atoms with van der Waals surface area (Å²) in [4.78, 5) is 8.50. The van der Waals surface area contributed by atoms with Crippen molar-refractivity contribution >= 4 is 22.5 Å². The molecular formula is C23H23F6N7O. The molecule has 0 amide bonds. The molecule has 1 aliphatic rings. The highest BCUT2D eigenvalue weighted by molar-refractivity contribution is 5.90. The summed E-state index contributed by atoms with van der Waals surface area (Å²) in [5.41, 5.74) is -1.43. The number of aromatic nitrogens is 5. The molecule has 1 aliphatic heterocycles. The van der Waals surface area contributed by atoms with Crippen LogP contribution in [-0.4, -0.2) is 74.5 Å². The minimum atomic E-state index is -3.59. The van der Waals surface area contributed by atoms with Gasteiger partial charge in [0, 0.05) is 10.7 Å². The van der Waals surface area contributed by atoms with Gasteiger partial charge in [-0.15, -0.1) is 5.10 Å². The number of alkyl halides is 4. The SMILES string of the molecule is [2H]C([2H])([2H])Oc1nc(NC2CCN(C([2H])([2H])[2H])CC2(F)F)nn2cc(F)c(-c3cc(F)c4nc(C)n(CC(F)F)c4c3)c12. The number of benzene rings is 1. The lowest BCUT2D eigenvalue weighted by Crippen LogP contribution is -2.53. The lowest BCUT2D eigenvalue weighted by molar-refractivity contribution is -0.0675. The first-order valence-corrected chi connectivity index (χ1v) is 11.0. The summed E-state index contributed by atoms with van der Waals surface area (Å²) in [6.07, 6.45) is -2.43. The van der Waals surface area contributed by atoms with Crippen molar-refractivity contribution in [1.82, 2.24) is 29.0 Å². The lowest BCUT2D eigenvalue weighted by atomic mass is 10.0. The van der Waals surface area contributed by atoms with Gasteiger partial charge in [-0.3, -0.25) is 0 Å². The average molecular weight is 534 g/mol. The van der Waals surface area contributed by atoms with Gasteiger partial charge in [0.2, 0.25) is 11.8 Å². The number of rotatable bonds is 6. The fraction of sp³-hybridized carbons (Fsp3) is 0.435. The predicted molar refractivity (Wildman–Crippen MR) is 123 cm³/mol. The van der Waals surface area contributed by atoms with E-state index >= 15 is 8.78 Å². The van der Waals surface area contributed by atoms with E-state index in [1.807, 2.05) is 0 Å². The minimum Gasteiger partial charge on any atom is -0.479 e. The predicted octanol–water partition coefficient (Wildman–Crippen LogP) is 4.36. The number of nitrogens with zero attached hydrogens (tertiary/aromatic N) is 6. The molecule has 1 saturated heterocycles. The zero-order valence-corrected chi connectivity index (χ0v) is 19.1. The van der Waals surface area contributed by atoms with Crippen LogP contribution < -0.4 is 10.1 Å². The first-order valence-electron chi connectivity index (χ1n) is 14.0. The zero-order valence-electron chi connectivity index (χ0n) is 25.1. The van der Waals surface area contributed by atoms with Gasteiger partial charge < -0.3 is 19.5 Å². The molecule has 8 nitrogen and oxygen atoms in total. The summed E-state index contributed by atoms with van der Waals surface area (Å²) >= 11 is 0. The van der Waals surface area contributed by atoms with E-state index < -0.39 is 80.0 Å². The monoisotopic (exact) mass is 533 g/mol. The van der Waals surface area contributed by atoms with E-state index in [1.165, 1.54) is 13.0 Å². The molecule has 0 bridgehead atoms. The highest BCUT2D eigenvalue weighted by Crippen LogP contribution is 2.37. The Labute approximate surface area is 215 Å². The van der Waals surface area contributed by atoms with Gasteiger partial charge in [0.05, 0.1) is 47.6 Å². The Morgan fingerprint density at radius 2 is 2.05 bits per heavy atom. The number of piperidine rings is 1. The van der Waals surface area contributed by atoms with Gasteiger partial charge >= 0.3 is 0 Å². The maximum Gasteiger partial charge on any atom is 0.280 e. The molecule has 1 N–H and O–H groups in total. The van der Waals surface area contributed by atoms with Crippen molar-refractivity contribution < 1.29 is 39.3 Å². The second-order valence-electron chi connectivity index (χ2n) is 8.64. The van der Waals surface area contributed by atoms with Crippen LogP contribution in [0.4, 0.5) is 32.3 Å². The van der Waals surface area contributed by atoms with E-state index in [9.17, 15) is 17.6 Å². The van der Waals surface area contributed by atoms with Crippen molar-refractivity contribution in [2.75, 3.05) is 32.4 Å². The standard InChI is InChI=1S/C23H23F6N7O/c1-11-30-19-13(24)6-12(7-15(19)35(11)9-17(26)27)18-14(25)8-36-20(18)21(37-3)32-22(33-36)31-16-4-5-34(2)10-23(16,28)29/h6-8,16-17H,4-5,9-10H2,1-3H3,(H,31,33)/i2D3,3D3. The highest BCUT2D eigenvalue weighted by Gasteiger charge is 2.44. The van der Waals surface area contributed by atoms with Gasteiger partial charge in [0.1, 0.15) is 16.9 Å². The van der Waals surface area contributed by atoms with E-state index in [0.29, 0.717) is 4.90 Å². The van der Waals surface area contributed by atoms with Crippen LogP contribution in [0.3, 0.4) is 0 Å². The van der Waals surface area contributed by atoms with Gasteiger partial charge in [-0.25, -0.2) is 35.8 Å². The van der Waals surface area contributed by atoms with Crippen LogP contribution in [0.25, 0.3) is 27.7 Å². The fourth-order valence-electron chi connectivity index (χ4n) is 4.51. The van der Waals surface area contributed by atoms with Crippen molar-refractivity contribution in [3.63, 3.8) is 0 Å². The first-order chi connectivity index (χ1) is 19.8. The number of halogens is 6. The third kappa shape index (κ3) is 4.43. The second-order valence-corrected chi connectivity index (χ2v) is 8.64. The third-order valence-electron chi connectivity index (χ3n) is 6.16. The molecule has 1 aromatic carbocycles. The summed E-state index contributed by atoms with van der Waals surface area (Å²) in [7, 11) is -3.17. The van der Waals surface area contributed by atoms with Crippen molar-refractivity contribution in [3.05, 3.63) is 35.8 Å². The van der Waals surface area contributed by atoms with Crippen molar-refractivity contribution in [1.29, 1.82) is 0 Å². The molecule has 1 atom stereocenters. The molecule has 3 aromatic heterocycles. The topological polar surface area (TPSA) is 72.5 Å². The van der Waals surface area contributed by atoms with Crippen molar-refractivity contribution in [2.24, 2.45) is 0 Å². The number of hydrogen-bond donors (Lipinski definition) is 1. The Balaban J connectivity index is 1.61. The fourth-order valence-corrected chi connectivity index (χ4v) is 4.51. The van der Waals surface area contributed by atoms with Gasteiger partial charge in [-0.2, -0.15) is 4.98 Å². The van der Waals surface area contributed by atoms with E-state index in [2.05, 4.69) is 20.4 Å². The van der Waals surface area contributed by atoms with Crippen LogP contribution in [0, 0.1) is 18.6 Å². The van der Waals surface area contributed by atoms with Crippen molar-refractivity contribution in [2.45, 2.75) is 38.3 Å². The van der Waals surface area contributed by atoms with Gasteiger partial charge in [0.15, 0.2) is 11.6 Å². The number of aryl methyl sites for hydroxylation is 1. The Kier molecular flexibility index (Phi) is 4.58. The van der Waals surface area contributed by atoms with E-state index in [0.717, 1.165) is 21.3 Å². The first kappa shape index (κ1) is 18.7. The van der Waals surface area contributed by atoms with E-state index in [-0.39, 0.29) is 35.4 Å². The molecule has 0 radical (unpaired) electrons. The third-order valence-corrected chi connectivity index (χ3v) is 6.16. The largest absolute Gasteiger partial charge is 0.479 e. The number of imidazole rings is 1. The van der Waals surface area contributed by atoms with Gasteiger partial charge in [-0.1, -0.05) is 0 Å². The quantitative estimate of drug-likeness (QED) is 0.372. The molecule has 198 valence electrons. The minimum absolute atomic E-state index is 0.0699. The number of fused-ring (bicyclic) bond motifs is 2. The van der Waals surface area contributed by atoms with Crippen molar-refractivity contribution in [3.8, 4) is 17.0 Å². The molecule has 1 unspecified atom stereocenters. The van der Waals surface area contributed by atoms with Crippen LogP contribution >= 0.6 is 0 Å². The summed E-state index contributed by atoms with van der Waals surface area (Å²) in [6.45, 7) is -3.53. The Bertz CT molecular complexity index is 1690. The smallest absolute Gasteiger partial charge is 0.280 e. The maximum absolute atomic E-state index is 15.5. The highest BCUT2D eigenvalue weighted by atomic mass is 19.3. The molecule has 0 aliphatic carbocycles. The van der Waals surface area contributed by atoms with Gasteiger partial charge in [0.25, 0.3) is 12.3 Å². The molecule has 5 rings (SSSR count). The molecular weight excluding hydrogens is 504 g/mol. The maximum atomic E-state index is 15.5. The number of nitrogens with one attached hydrogen (secondary N) is 1. The zero-order chi connectivity index (χ0) is 31.6. The molecule has 0 saturated carbocycles. The van der Waals surface area contributed by atoms with Crippen LogP contribution in [-0.2, 0) is 6.54 Å². The molecule has 4 heterocycles. The summed E-state index contributed by atoms with van der Waals surface area (Å²) in [5.74, 6) is -6.94. The van der Waals surface area contributed by atoms with E-state index in [1.54, 1.807) is 0 Å². The Hall–Kier alpha value is -3.55. The number of hydrogen-bond acceptors (Lipinski definition) is 6. The Morgan fingerprint density at radius 3 is 2.76 bits per heavy atom. The normalized spacial score (nSPS) is 21.4. The summed E-state index contributed by atoms with van der Waals surface area (Å²) in [6, 6.07) is 0.368. The molecule has 14 heteroatoms. The molecule has 0 spiro atoms. The average Bonchev–Trinajstić information content (AvgIpc) is 3.34. The summed E-state index contributed by atoms with van der Waals surface area (Å²) < 4.78 is 138.